The van der Waals surface area contributed by atoms with Crippen LogP contribution in [0.15, 0.2) is 12.7 Å². The summed E-state index contributed by atoms with van der Waals surface area (Å²) >= 11 is 0. The van der Waals surface area contributed by atoms with Gasteiger partial charge in [-0.2, -0.15) is 0 Å². The Morgan fingerprint density at radius 3 is 2.83 bits per heavy atom. The fraction of sp³-hybridized carbons (Fsp3) is 0.667. The highest BCUT2D eigenvalue weighted by atomic mass is 16.3. The number of nitrogens with two attached hydrogens (primary N) is 1. The van der Waals surface area contributed by atoms with Crippen LogP contribution in [0.5, 0.6) is 0 Å². The standard InChI is InChI=1S/C12H21N3O3/c1-2-5-14(7-8-16)11(17)10-4-3-6-15(9-10)12(13)18/h2,10,16H,1,3-9H2,(H2,13,18). The molecule has 0 bridgehead atoms. The highest BCUT2D eigenvalue weighted by molar-refractivity contribution is 5.80. The summed E-state index contributed by atoms with van der Waals surface area (Å²) in [5, 5.41) is 8.94. The molecule has 1 aliphatic heterocycles. The Balaban J connectivity index is 2.63. The molecule has 0 saturated carbocycles. The van der Waals surface area contributed by atoms with Crippen LogP contribution in [0.25, 0.3) is 0 Å². The Bertz CT molecular complexity index is 320. The van der Waals surface area contributed by atoms with Crippen LogP contribution < -0.4 is 5.73 Å². The van der Waals surface area contributed by atoms with Crippen molar-refractivity contribution in [3.63, 3.8) is 0 Å². The van der Waals surface area contributed by atoms with Crippen molar-refractivity contribution in [2.75, 3.05) is 32.8 Å². The molecule has 1 saturated heterocycles. The molecule has 3 N–H and O–H groups in total. The summed E-state index contributed by atoms with van der Waals surface area (Å²) in [6.07, 6.45) is 3.16. The van der Waals surface area contributed by atoms with E-state index in [1.807, 2.05) is 0 Å². The van der Waals surface area contributed by atoms with Crippen molar-refractivity contribution in [1.82, 2.24) is 9.80 Å². The van der Waals surface area contributed by atoms with Crippen LogP contribution in [0.3, 0.4) is 0 Å². The maximum Gasteiger partial charge on any atom is 0.314 e. The van der Waals surface area contributed by atoms with E-state index in [0.717, 1.165) is 12.8 Å². The normalized spacial score (nSPS) is 19.4. The number of aliphatic hydroxyl groups is 1. The Hall–Kier alpha value is -1.56. The van der Waals surface area contributed by atoms with Crippen molar-refractivity contribution in [2.45, 2.75) is 12.8 Å². The van der Waals surface area contributed by atoms with E-state index in [0.29, 0.717) is 19.6 Å². The number of hydrogen-bond donors (Lipinski definition) is 2. The van der Waals surface area contributed by atoms with E-state index in [-0.39, 0.29) is 25.0 Å². The first-order chi connectivity index (χ1) is 8.60. The molecule has 102 valence electrons. The predicted molar refractivity (Wildman–Crippen MR) is 67.7 cm³/mol. The molecule has 0 aromatic heterocycles. The Kier molecular flexibility index (Phi) is 5.64. The van der Waals surface area contributed by atoms with Crippen LogP contribution in [0.2, 0.25) is 0 Å². The van der Waals surface area contributed by atoms with Gasteiger partial charge >= 0.3 is 6.03 Å². The molecule has 18 heavy (non-hydrogen) atoms. The molecule has 6 nitrogen and oxygen atoms in total. The molecule has 0 spiro atoms. The summed E-state index contributed by atoms with van der Waals surface area (Å²) in [7, 11) is 0. The molecule has 0 aromatic carbocycles. The number of carbonyl (C=O) groups is 2. The monoisotopic (exact) mass is 255 g/mol. The van der Waals surface area contributed by atoms with Crippen LogP contribution in [0.1, 0.15) is 12.8 Å². The molecule has 1 fully saturated rings. The van der Waals surface area contributed by atoms with Gasteiger partial charge in [0, 0.05) is 26.2 Å². The van der Waals surface area contributed by atoms with Gasteiger partial charge in [0.05, 0.1) is 12.5 Å². The minimum atomic E-state index is -0.482. The van der Waals surface area contributed by atoms with Crippen LogP contribution in [0, 0.1) is 5.92 Å². The number of hydrogen-bond acceptors (Lipinski definition) is 3. The van der Waals surface area contributed by atoms with E-state index < -0.39 is 6.03 Å². The van der Waals surface area contributed by atoms with E-state index in [4.69, 9.17) is 10.8 Å². The molecule has 3 amide bonds. The third kappa shape index (κ3) is 3.73. The van der Waals surface area contributed by atoms with E-state index in [9.17, 15) is 9.59 Å². The predicted octanol–water partition coefficient (Wildman–Crippen LogP) is -0.216. The lowest BCUT2D eigenvalue weighted by molar-refractivity contribution is -0.136. The zero-order chi connectivity index (χ0) is 13.5. The van der Waals surface area contributed by atoms with Crippen LogP contribution in [-0.4, -0.2) is 59.6 Å². The van der Waals surface area contributed by atoms with Gasteiger partial charge in [-0.05, 0) is 12.8 Å². The molecule has 1 heterocycles. The van der Waals surface area contributed by atoms with Gasteiger partial charge in [0.2, 0.25) is 5.91 Å². The molecule has 1 atom stereocenters. The maximum atomic E-state index is 12.2. The van der Waals surface area contributed by atoms with E-state index in [1.165, 1.54) is 4.90 Å². The number of carbonyl (C=O) groups excluding carboxylic acids is 2. The van der Waals surface area contributed by atoms with Crippen molar-refractivity contribution in [3.05, 3.63) is 12.7 Å². The quantitative estimate of drug-likeness (QED) is 0.666. The van der Waals surface area contributed by atoms with Gasteiger partial charge in [-0.25, -0.2) is 4.79 Å². The van der Waals surface area contributed by atoms with Gasteiger partial charge < -0.3 is 20.6 Å². The van der Waals surface area contributed by atoms with E-state index in [2.05, 4.69) is 6.58 Å². The Morgan fingerprint density at radius 2 is 2.28 bits per heavy atom. The second-order valence-corrected chi connectivity index (χ2v) is 4.42. The van der Waals surface area contributed by atoms with Crippen LogP contribution >= 0.6 is 0 Å². The average Bonchev–Trinajstić information content (AvgIpc) is 2.38. The molecule has 0 aromatic rings. The summed E-state index contributed by atoms with van der Waals surface area (Å²) in [5.74, 6) is -0.271. The Labute approximate surface area is 107 Å². The number of aliphatic hydroxyl groups excluding tert-OH is 1. The summed E-state index contributed by atoms with van der Waals surface area (Å²) in [6, 6.07) is -0.482. The molecular formula is C12H21N3O3. The van der Waals surface area contributed by atoms with Crippen molar-refractivity contribution < 1.29 is 14.7 Å². The smallest absolute Gasteiger partial charge is 0.314 e. The molecule has 1 aliphatic rings. The van der Waals surface area contributed by atoms with Crippen LogP contribution in [-0.2, 0) is 4.79 Å². The van der Waals surface area contributed by atoms with Gasteiger partial charge in [-0.1, -0.05) is 6.08 Å². The molecule has 0 aliphatic carbocycles. The summed E-state index contributed by atoms with van der Waals surface area (Å²) in [5.41, 5.74) is 5.23. The molecule has 1 rings (SSSR count). The Morgan fingerprint density at radius 1 is 1.56 bits per heavy atom. The second kappa shape index (κ2) is 7.00. The largest absolute Gasteiger partial charge is 0.395 e. The lowest BCUT2D eigenvalue weighted by Gasteiger charge is -2.33. The number of urea groups is 1. The lowest BCUT2D eigenvalue weighted by atomic mass is 9.96. The van der Waals surface area contributed by atoms with Gasteiger partial charge in [-0.3, -0.25) is 4.79 Å². The SMILES string of the molecule is C=CCN(CCO)C(=O)C1CCCN(C(N)=O)C1. The fourth-order valence-corrected chi connectivity index (χ4v) is 2.21. The van der Waals surface area contributed by atoms with Gasteiger partial charge in [0.15, 0.2) is 0 Å². The molecular weight excluding hydrogens is 234 g/mol. The zero-order valence-corrected chi connectivity index (χ0v) is 10.5. The maximum absolute atomic E-state index is 12.2. The van der Waals surface area contributed by atoms with Gasteiger partial charge in [0.25, 0.3) is 0 Å². The number of amides is 3. The number of likely N-dealkylation sites (tertiary alicyclic amines) is 1. The summed E-state index contributed by atoms with van der Waals surface area (Å²) in [4.78, 5) is 26.4. The van der Waals surface area contributed by atoms with Crippen molar-refractivity contribution >= 4 is 11.9 Å². The first kappa shape index (κ1) is 14.5. The highest BCUT2D eigenvalue weighted by Gasteiger charge is 2.29. The molecule has 6 heteroatoms. The number of primary amides is 1. The first-order valence-corrected chi connectivity index (χ1v) is 6.15. The van der Waals surface area contributed by atoms with E-state index >= 15 is 0 Å². The van der Waals surface area contributed by atoms with Gasteiger partial charge in [0.1, 0.15) is 0 Å². The summed E-state index contributed by atoms with van der Waals surface area (Å²) in [6.45, 7) is 5.19. The third-order valence-corrected chi connectivity index (χ3v) is 3.11. The highest BCUT2D eigenvalue weighted by Crippen LogP contribution is 2.18. The summed E-state index contributed by atoms with van der Waals surface area (Å²) < 4.78 is 0. The minimum Gasteiger partial charge on any atom is -0.395 e. The first-order valence-electron chi connectivity index (χ1n) is 6.15. The minimum absolute atomic E-state index is 0.0464. The number of nitrogens with zero attached hydrogens (tertiary/aromatic N) is 2. The molecule has 1 unspecified atom stereocenters. The average molecular weight is 255 g/mol. The van der Waals surface area contributed by atoms with Crippen molar-refractivity contribution in [2.24, 2.45) is 11.7 Å². The van der Waals surface area contributed by atoms with Crippen molar-refractivity contribution in [1.29, 1.82) is 0 Å². The number of rotatable bonds is 5. The van der Waals surface area contributed by atoms with Crippen molar-refractivity contribution in [3.8, 4) is 0 Å². The van der Waals surface area contributed by atoms with Crippen LogP contribution in [0.4, 0.5) is 4.79 Å². The molecule has 0 radical (unpaired) electrons. The van der Waals surface area contributed by atoms with Gasteiger partial charge in [-0.15, -0.1) is 6.58 Å². The third-order valence-electron chi connectivity index (χ3n) is 3.11. The van der Waals surface area contributed by atoms with E-state index in [1.54, 1.807) is 11.0 Å². The number of piperidine rings is 1. The topological polar surface area (TPSA) is 86.9 Å². The zero-order valence-electron chi connectivity index (χ0n) is 10.5. The fourth-order valence-electron chi connectivity index (χ4n) is 2.21. The second-order valence-electron chi connectivity index (χ2n) is 4.42. The lowest BCUT2D eigenvalue weighted by Crippen LogP contribution is -2.48.